The largest absolute Gasteiger partial charge is 0.454 e. The number of nitrogens with one attached hydrogen (secondary N) is 1. The maximum absolute atomic E-state index is 9.37. The fourth-order valence-electron chi connectivity index (χ4n) is 1.64. The summed E-state index contributed by atoms with van der Waals surface area (Å²) < 4.78 is 6.33. The monoisotopic (exact) mass is 343 g/mol. The van der Waals surface area contributed by atoms with Gasteiger partial charge in [-0.1, -0.05) is 30.3 Å². The van der Waals surface area contributed by atoms with Gasteiger partial charge in [-0.05, 0) is 40.3 Å². The average molecular weight is 343 g/mol. The van der Waals surface area contributed by atoms with Gasteiger partial charge in [-0.3, -0.25) is 0 Å². The van der Waals surface area contributed by atoms with E-state index in [9.17, 15) is 5.11 Å². The zero-order chi connectivity index (χ0) is 12.1. The van der Waals surface area contributed by atoms with Gasteiger partial charge in [0.25, 0.3) is 0 Å². The SMILES string of the molecule is OC[C@H](NCc1ccc(I)o1)c1ccccc1. The van der Waals surface area contributed by atoms with Crippen molar-refractivity contribution in [2.45, 2.75) is 12.6 Å². The number of furan rings is 1. The van der Waals surface area contributed by atoms with Crippen LogP contribution in [0.3, 0.4) is 0 Å². The molecule has 3 nitrogen and oxygen atoms in total. The van der Waals surface area contributed by atoms with E-state index in [-0.39, 0.29) is 12.6 Å². The number of hydrogen-bond donors (Lipinski definition) is 2. The molecule has 0 bridgehead atoms. The van der Waals surface area contributed by atoms with Gasteiger partial charge in [-0.25, -0.2) is 0 Å². The van der Waals surface area contributed by atoms with Crippen molar-refractivity contribution in [3.8, 4) is 0 Å². The molecule has 0 amide bonds. The molecule has 0 aliphatic rings. The highest BCUT2D eigenvalue weighted by atomic mass is 127. The number of benzene rings is 1. The Kier molecular flexibility index (Phi) is 4.58. The second kappa shape index (κ2) is 6.18. The first-order valence-electron chi connectivity index (χ1n) is 5.43. The van der Waals surface area contributed by atoms with E-state index in [1.165, 1.54) is 0 Å². The lowest BCUT2D eigenvalue weighted by molar-refractivity contribution is 0.240. The molecule has 0 saturated carbocycles. The van der Waals surface area contributed by atoms with Crippen LogP contribution in [-0.4, -0.2) is 11.7 Å². The lowest BCUT2D eigenvalue weighted by Gasteiger charge is -2.15. The van der Waals surface area contributed by atoms with Crippen LogP contribution in [-0.2, 0) is 6.54 Å². The van der Waals surface area contributed by atoms with Crippen LogP contribution in [0.25, 0.3) is 0 Å². The third-order valence-corrected chi connectivity index (χ3v) is 3.12. The zero-order valence-corrected chi connectivity index (χ0v) is 11.4. The normalized spacial score (nSPS) is 12.6. The number of rotatable bonds is 5. The predicted molar refractivity (Wildman–Crippen MR) is 74.5 cm³/mol. The number of aliphatic hydroxyl groups is 1. The quantitative estimate of drug-likeness (QED) is 0.821. The Morgan fingerprint density at radius 3 is 2.53 bits per heavy atom. The van der Waals surface area contributed by atoms with Crippen LogP contribution in [0.5, 0.6) is 0 Å². The van der Waals surface area contributed by atoms with Crippen molar-refractivity contribution in [1.82, 2.24) is 5.32 Å². The van der Waals surface area contributed by atoms with Gasteiger partial charge in [0.2, 0.25) is 0 Å². The van der Waals surface area contributed by atoms with Gasteiger partial charge in [0.1, 0.15) is 5.76 Å². The summed E-state index contributed by atoms with van der Waals surface area (Å²) in [6.45, 7) is 0.685. The molecule has 0 spiro atoms. The third kappa shape index (κ3) is 3.55. The molecule has 17 heavy (non-hydrogen) atoms. The maximum atomic E-state index is 9.37. The van der Waals surface area contributed by atoms with Crippen molar-refractivity contribution in [3.05, 3.63) is 57.6 Å². The molecular formula is C13H14INO2. The van der Waals surface area contributed by atoms with Crippen LogP contribution in [0, 0.1) is 3.77 Å². The van der Waals surface area contributed by atoms with Crippen LogP contribution in [0.4, 0.5) is 0 Å². The molecule has 1 aromatic heterocycles. The van der Waals surface area contributed by atoms with Gasteiger partial charge in [0.05, 0.1) is 19.2 Å². The predicted octanol–water partition coefficient (Wildman–Crippen LogP) is 2.71. The average Bonchev–Trinajstić information content (AvgIpc) is 2.77. The van der Waals surface area contributed by atoms with E-state index < -0.39 is 0 Å². The molecule has 0 saturated heterocycles. The molecule has 0 aliphatic heterocycles. The Morgan fingerprint density at radius 1 is 1.18 bits per heavy atom. The smallest absolute Gasteiger partial charge is 0.164 e. The molecule has 2 rings (SSSR count). The number of hydrogen-bond acceptors (Lipinski definition) is 3. The van der Waals surface area contributed by atoms with Crippen LogP contribution in [0.1, 0.15) is 17.4 Å². The Morgan fingerprint density at radius 2 is 1.94 bits per heavy atom. The molecule has 2 aromatic rings. The molecular weight excluding hydrogens is 329 g/mol. The summed E-state index contributed by atoms with van der Waals surface area (Å²) >= 11 is 2.13. The van der Waals surface area contributed by atoms with Crippen molar-refractivity contribution in [1.29, 1.82) is 0 Å². The summed E-state index contributed by atoms with van der Waals surface area (Å²) in [5.74, 6) is 0.879. The van der Waals surface area contributed by atoms with Gasteiger partial charge >= 0.3 is 0 Å². The molecule has 1 atom stereocenters. The van der Waals surface area contributed by atoms with Crippen LogP contribution in [0.15, 0.2) is 46.9 Å². The first-order chi connectivity index (χ1) is 8.29. The lowest BCUT2D eigenvalue weighted by atomic mass is 10.1. The van der Waals surface area contributed by atoms with Gasteiger partial charge in [0, 0.05) is 0 Å². The molecule has 2 N–H and O–H groups in total. The summed E-state index contributed by atoms with van der Waals surface area (Å²) in [4.78, 5) is 0. The first-order valence-corrected chi connectivity index (χ1v) is 6.51. The second-order valence-electron chi connectivity index (χ2n) is 3.73. The summed E-state index contributed by atoms with van der Waals surface area (Å²) in [7, 11) is 0. The summed E-state index contributed by atoms with van der Waals surface area (Å²) in [6, 6.07) is 13.7. The summed E-state index contributed by atoms with van der Waals surface area (Å²) in [5, 5.41) is 12.6. The van der Waals surface area contributed by atoms with E-state index >= 15 is 0 Å². The highest BCUT2D eigenvalue weighted by molar-refractivity contribution is 14.1. The van der Waals surface area contributed by atoms with E-state index in [0.717, 1.165) is 15.1 Å². The molecule has 1 aromatic carbocycles. The Labute approximate surface area is 114 Å². The Balaban J connectivity index is 1.97. The minimum Gasteiger partial charge on any atom is -0.454 e. The molecule has 0 fully saturated rings. The lowest BCUT2D eigenvalue weighted by Crippen LogP contribution is -2.23. The van der Waals surface area contributed by atoms with Crippen molar-refractivity contribution < 1.29 is 9.52 Å². The van der Waals surface area contributed by atoms with Crippen molar-refractivity contribution in [3.63, 3.8) is 0 Å². The first kappa shape index (κ1) is 12.6. The van der Waals surface area contributed by atoms with Crippen molar-refractivity contribution >= 4 is 22.6 Å². The van der Waals surface area contributed by atoms with E-state index in [2.05, 4.69) is 27.9 Å². The minimum atomic E-state index is -0.0565. The summed E-state index contributed by atoms with van der Waals surface area (Å²) in [5.41, 5.74) is 1.08. The second-order valence-corrected chi connectivity index (χ2v) is 4.80. The highest BCUT2D eigenvalue weighted by Gasteiger charge is 2.09. The van der Waals surface area contributed by atoms with Gasteiger partial charge < -0.3 is 14.8 Å². The standard InChI is InChI=1S/C13H14INO2/c14-13-7-6-11(17-13)8-15-12(9-16)10-4-2-1-3-5-10/h1-7,12,15-16H,8-9H2/t12-/m0/s1. The fourth-order valence-corrected chi connectivity index (χ4v) is 2.11. The number of halogens is 1. The van der Waals surface area contributed by atoms with Gasteiger partial charge in [0.15, 0.2) is 3.77 Å². The van der Waals surface area contributed by atoms with Crippen LogP contribution in [0.2, 0.25) is 0 Å². The third-order valence-electron chi connectivity index (χ3n) is 2.54. The fraction of sp³-hybridized carbons (Fsp3) is 0.231. The Bertz CT molecular complexity index is 455. The molecule has 1 heterocycles. The number of aliphatic hydroxyl groups excluding tert-OH is 1. The van der Waals surface area contributed by atoms with Gasteiger partial charge in [-0.15, -0.1) is 0 Å². The zero-order valence-electron chi connectivity index (χ0n) is 9.27. The van der Waals surface area contributed by atoms with Gasteiger partial charge in [-0.2, -0.15) is 0 Å². The van der Waals surface area contributed by atoms with E-state index in [1.54, 1.807) is 0 Å². The van der Waals surface area contributed by atoms with E-state index in [1.807, 2.05) is 42.5 Å². The van der Waals surface area contributed by atoms with Crippen molar-refractivity contribution in [2.24, 2.45) is 0 Å². The molecule has 0 aliphatic carbocycles. The molecule has 0 unspecified atom stereocenters. The minimum absolute atomic E-state index is 0.0565. The van der Waals surface area contributed by atoms with Crippen molar-refractivity contribution in [2.75, 3.05) is 6.61 Å². The molecule has 0 radical (unpaired) electrons. The van der Waals surface area contributed by atoms with Crippen LogP contribution >= 0.6 is 22.6 Å². The molecule has 90 valence electrons. The summed E-state index contributed by atoms with van der Waals surface area (Å²) in [6.07, 6.45) is 0. The van der Waals surface area contributed by atoms with E-state index in [0.29, 0.717) is 6.54 Å². The topological polar surface area (TPSA) is 45.4 Å². The molecule has 4 heteroatoms. The maximum Gasteiger partial charge on any atom is 0.164 e. The highest BCUT2D eigenvalue weighted by Crippen LogP contribution is 2.14. The Hall–Kier alpha value is -0.850. The van der Waals surface area contributed by atoms with E-state index in [4.69, 9.17) is 4.42 Å². The van der Waals surface area contributed by atoms with Crippen LogP contribution < -0.4 is 5.32 Å².